The summed E-state index contributed by atoms with van der Waals surface area (Å²) in [6.45, 7) is 0.334. The van der Waals surface area contributed by atoms with E-state index in [1.54, 1.807) is 18.3 Å². The molecule has 0 saturated heterocycles. The molecule has 0 saturated carbocycles. The van der Waals surface area contributed by atoms with E-state index in [9.17, 15) is 14.0 Å². The Morgan fingerprint density at radius 1 is 1.13 bits per heavy atom. The first-order chi connectivity index (χ1) is 11.1. The van der Waals surface area contributed by atoms with Crippen molar-refractivity contribution in [1.29, 1.82) is 0 Å². The number of hydrogen-bond acceptors (Lipinski definition) is 4. The van der Waals surface area contributed by atoms with E-state index in [4.69, 9.17) is 4.74 Å². The zero-order chi connectivity index (χ0) is 16.7. The Kier molecular flexibility index (Phi) is 5.80. The SMILES string of the molecule is COc1ccc(CNC(=O)CCC(=O)c2ccc(F)cc2)cn1. The zero-order valence-electron chi connectivity index (χ0n) is 12.7. The number of pyridine rings is 1. The zero-order valence-corrected chi connectivity index (χ0v) is 12.7. The third-order valence-corrected chi connectivity index (χ3v) is 3.24. The lowest BCUT2D eigenvalue weighted by Gasteiger charge is -2.06. The van der Waals surface area contributed by atoms with Crippen LogP contribution in [-0.4, -0.2) is 23.8 Å². The molecule has 1 heterocycles. The molecule has 1 N–H and O–H groups in total. The van der Waals surface area contributed by atoms with Gasteiger partial charge in [0.25, 0.3) is 0 Å². The fraction of sp³-hybridized carbons (Fsp3) is 0.235. The second-order valence-corrected chi connectivity index (χ2v) is 4.92. The van der Waals surface area contributed by atoms with Crippen LogP contribution in [0.5, 0.6) is 5.88 Å². The van der Waals surface area contributed by atoms with Crippen molar-refractivity contribution in [3.8, 4) is 5.88 Å². The Morgan fingerprint density at radius 3 is 2.48 bits per heavy atom. The molecular weight excluding hydrogens is 299 g/mol. The molecule has 2 rings (SSSR count). The van der Waals surface area contributed by atoms with Gasteiger partial charge < -0.3 is 10.1 Å². The van der Waals surface area contributed by atoms with Crippen molar-refractivity contribution in [3.63, 3.8) is 0 Å². The molecule has 0 fully saturated rings. The van der Waals surface area contributed by atoms with E-state index in [-0.39, 0.29) is 24.5 Å². The number of hydrogen-bond donors (Lipinski definition) is 1. The number of carbonyl (C=O) groups is 2. The van der Waals surface area contributed by atoms with Crippen molar-refractivity contribution in [3.05, 3.63) is 59.5 Å². The predicted octanol–water partition coefficient (Wildman–Crippen LogP) is 2.51. The molecule has 0 aliphatic heterocycles. The van der Waals surface area contributed by atoms with Gasteiger partial charge in [0.2, 0.25) is 11.8 Å². The number of rotatable bonds is 7. The summed E-state index contributed by atoms with van der Waals surface area (Å²) in [5, 5.41) is 2.72. The van der Waals surface area contributed by atoms with Gasteiger partial charge in [-0.2, -0.15) is 0 Å². The molecule has 1 aromatic heterocycles. The Balaban J connectivity index is 1.76. The van der Waals surface area contributed by atoms with E-state index in [1.165, 1.54) is 31.4 Å². The molecule has 5 nitrogen and oxygen atoms in total. The molecule has 0 aliphatic carbocycles. The number of carbonyl (C=O) groups excluding carboxylic acids is 2. The number of ketones is 1. The van der Waals surface area contributed by atoms with E-state index in [0.29, 0.717) is 18.0 Å². The first kappa shape index (κ1) is 16.6. The summed E-state index contributed by atoms with van der Waals surface area (Å²) in [5.41, 5.74) is 1.24. The lowest BCUT2D eigenvalue weighted by molar-refractivity contribution is -0.121. The summed E-state index contributed by atoms with van der Waals surface area (Å²) in [6, 6.07) is 8.79. The summed E-state index contributed by atoms with van der Waals surface area (Å²) in [6.07, 6.45) is 1.78. The van der Waals surface area contributed by atoms with Crippen molar-refractivity contribution in [2.24, 2.45) is 0 Å². The number of amides is 1. The van der Waals surface area contributed by atoms with Gasteiger partial charge in [-0.1, -0.05) is 6.07 Å². The monoisotopic (exact) mass is 316 g/mol. The summed E-state index contributed by atoms with van der Waals surface area (Å²) in [5.74, 6) is -0.306. The summed E-state index contributed by atoms with van der Waals surface area (Å²) in [4.78, 5) is 27.7. The molecule has 0 spiro atoms. The number of nitrogens with zero attached hydrogens (tertiary/aromatic N) is 1. The van der Waals surface area contributed by atoms with Gasteiger partial charge in [-0.05, 0) is 29.8 Å². The Morgan fingerprint density at radius 2 is 1.87 bits per heavy atom. The predicted molar refractivity (Wildman–Crippen MR) is 82.6 cm³/mol. The van der Waals surface area contributed by atoms with Crippen LogP contribution in [0, 0.1) is 5.82 Å². The largest absolute Gasteiger partial charge is 0.481 e. The van der Waals surface area contributed by atoms with Crippen LogP contribution in [0.3, 0.4) is 0 Å². The minimum absolute atomic E-state index is 0.0817. The van der Waals surface area contributed by atoms with Gasteiger partial charge in [0, 0.05) is 37.2 Å². The minimum Gasteiger partial charge on any atom is -0.481 e. The molecule has 0 atom stereocenters. The standard InChI is InChI=1S/C17H17FN2O3/c1-23-17-9-2-12(11-20-17)10-19-16(22)8-7-15(21)13-3-5-14(18)6-4-13/h2-6,9,11H,7-8,10H2,1H3,(H,19,22). The molecule has 0 radical (unpaired) electrons. The Hall–Kier alpha value is -2.76. The maximum atomic E-state index is 12.8. The summed E-state index contributed by atoms with van der Waals surface area (Å²) < 4.78 is 17.7. The van der Waals surface area contributed by atoms with E-state index in [1.807, 2.05) is 0 Å². The Bertz CT molecular complexity index is 669. The molecule has 23 heavy (non-hydrogen) atoms. The van der Waals surface area contributed by atoms with Crippen LogP contribution < -0.4 is 10.1 Å². The van der Waals surface area contributed by atoms with Gasteiger partial charge >= 0.3 is 0 Å². The lowest BCUT2D eigenvalue weighted by Crippen LogP contribution is -2.23. The molecule has 120 valence electrons. The van der Waals surface area contributed by atoms with Gasteiger partial charge in [-0.3, -0.25) is 9.59 Å². The van der Waals surface area contributed by atoms with Crippen molar-refractivity contribution < 1.29 is 18.7 Å². The fourth-order valence-corrected chi connectivity index (χ4v) is 1.93. The van der Waals surface area contributed by atoms with Crippen LogP contribution in [0.15, 0.2) is 42.6 Å². The van der Waals surface area contributed by atoms with E-state index >= 15 is 0 Å². The Labute approximate surface area is 133 Å². The number of methoxy groups -OCH3 is 1. The van der Waals surface area contributed by atoms with Crippen LogP contribution >= 0.6 is 0 Å². The molecule has 1 aromatic carbocycles. The average Bonchev–Trinajstić information content (AvgIpc) is 2.59. The number of nitrogens with one attached hydrogen (secondary N) is 1. The smallest absolute Gasteiger partial charge is 0.220 e. The van der Waals surface area contributed by atoms with Gasteiger partial charge in [-0.15, -0.1) is 0 Å². The van der Waals surface area contributed by atoms with Crippen LogP contribution in [0.2, 0.25) is 0 Å². The first-order valence-electron chi connectivity index (χ1n) is 7.13. The maximum absolute atomic E-state index is 12.8. The molecule has 0 aliphatic rings. The van der Waals surface area contributed by atoms with E-state index in [0.717, 1.165) is 5.56 Å². The molecule has 0 bridgehead atoms. The second kappa shape index (κ2) is 8.03. The number of benzene rings is 1. The third-order valence-electron chi connectivity index (χ3n) is 3.24. The van der Waals surface area contributed by atoms with Crippen molar-refractivity contribution >= 4 is 11.7 Å². The fourth-order valence-electron chi connectivity index (χ4n) is 1.93. The normalized spacial score (nSPS) is 10.2. The minimum atomic E-state index is -0.396. The van der Waals surface area contributed by atoms with Crippen molar-refractivity contribution in [2.45, 2.75) is 19.4 Å². The molecule has 1 amide bonds. The highest BCUT2D eigenvalue weighted by molar-refractivity contribution is 5.97. The number of halogens is 1. The molecule has 0 unspecified atom stereocenters. The molecular formula is C17H17FN2O3. The summed E-state index contributed by atoms with van der Waals surface area (Å²) in [7, 11) is 1.53. The first-order valence-corrected chi connectivity index (χ1v) is 7.13. The number of Topliss-reactive ketones (excluding diaryl/α,β-unsaturated/α-hetero) is 1. The van der Waals surface area contributed by atoms with Gasteiger partial charge in [0.05, 0.1) is 7.11 Å². The van der Waals surface area contributed by atoms with Crippen molar-refractivity contribution in [1.82, 2.24) is 10.3 Å². The maximum Gasteiger partial charge on any atom is 0.220 e. The highest BCUT2D eigenvalue weighted by atomic mass is 19.1. The molecule has 6 heteroatoms. The summed E-state index contributed by atoms with van der Waals surface area (Å²) >= 11 is 0. The highest BCUT2D eigenvalue weighted by Crippen LogP contribution is 2.08. The van der Waals surface area contributed by atoms with Gasteiger partial charge in [0.1, 0.15) is 5.82 Å². The number of ether oxygens (including phenoxy) is 1. The van der Waals surface area contributed by atoms with E-state index < -0.39 is 5.82 Å². The van der Waals surface area contributed by atoms with Crippen LogP contribution in [-0.2, 0) is 11.3 Å². The quantitative estimate of drug-likeness (QED) is 0.797. The number of aromatic nitrogens is 1. The van der Waals surface area contributed by atoms with Gasteiger partial charge in [-0.25, -0.2) is 9.37 Å². The van der Waals surface area contributed by atoms with Crippen LogP contribution in [0.4, 0.5) is 4.39 Å². The lowest BCUT2D eigenvalue weighted by atomic mass is 10.1. The van der Waals surface area contributed by atoms with Crippen LogP contribution in [0.1, 0.15) is 28.8 Å². The highest BCUT2D eigenvalue weighted by Gasteiger charge is 2.09. The van der Waals surface area contributed by atoms with E-state index in [2.05, 4.69) is 10.3 Å². The third kappa shape index (κ3) is 5.18. The average molecular weight is 316 g/mol. The molecule has 2 aromatic rings. The van der Waals surface area contributed by atoms with Crippen molar-refractivity contribution in [2.75, 3.05) is 7.11 Å². The second-order valence-electron chi connectivity index (χ2n) is 4.92. The topological polar surface area (TPSA) is 68.3 Å². The van der Waals surface area contributed by atoms with Crippen LogP contribution in [0.25, 0.3) is 0 Å². The van der Waals surface area contributed by atoms with Gasteiger partial charge in [0.15, 0.2) is 5.78 Å².